The number of nitro benzene ring substituents is 1. The molecule has 2 fully saturated rings. The average Bonchev–Trinajstić information content (AvgIpc) is 3.34. The molecule has 2 aliphatic heterocycles. The molecule has 0 bridgehead atoms. The number of anilines is 3. The molecule has 2 aromatic rings. The molecule has 1 unspecified atom stereocenters. The van der Waals surface area contributed by atoms with Crippen molar-refractivity contribution >= 4 is 40.5 Å². The van der Waals surface area contributed by atoms with Crippen LogP contribution in [-0.4, -0.2) is 35.7 Å². The summed E-state index contributed by atoms with van der Waals surface area (Å²) in [6.45, 7) is 0.708. The number of carbonyl (C=O) groups excluding carboxylic acids is 3. The van der Waals surface area contributed by atoms with Gasteiger partial charge in [-0.3, -0.25) is 24.5 Å². The fraction of sp³-hybridized carbons (Fsp3) is 0.286. The molecule has 3 amide bonds. The van der Waals surface area contributed by atoms with E-state index < -0.39 is 22.3 Å². The summed E-state index contributed by atoms with van der Waals surface area (Å²) in [5, 5.41) is 13.7. The Balaban J connectivity index is 1.42. The highest BCUT2D eigenvalue weighted by atomic mass is 19.1. The molecule has 0 radical (unpaired) electrons. The number of nitrogens with zero attached hydrogens (tertiary/aromatic N) is 3. The second kappa shape index (κ2) is 8.13. The number of nitrogens with one attached hydrogen (secondary N) is 1. The lowest BCUT2D eigenvalue weighted by Gasteiger charge is -2.17. The maximum Gasteiger partial charge on any atom is 0.306 e. The third kappa shape index (κ3) is 4.09. The van der Waals surface area contributed by atoms with E-state index in [0.717, 1.165) is 24.2 Å². The smallest absolute Gasteiger partial charge is 0.306 e. The van der Waals surface area contributed by atoms with Crippen LogP contribution in [0.3, 0.4) is 0 Å². The predicted octanol–water partition coefficient (Wildman–Crippen LogP) is 2.85. The second-order valence-electron chi connectivity index (χ2n) is 7.48. The summed E-state index contributed by atoms with van der Waals surface area (Å²) in [7, 11) is 0. The lowest BCUT2D eigenvalue weighted by molar-refractivity contribution is -0.387. The Morgan fingerprint density at radius 2 is 1.77 bits per heavy atom. The predicted molar refractivity (Wildman–Crippen MR) is 110 cm³/mol. The van der Waals surface area contributed by atoms with Gasteiger partial charge in [0.1, 0.15) is 0 Å². The molecule has 1 N–H and O–H groups in total. The Hall–Kier alpha value is -3.82. The van der Waals surface area contributed by atoms with Crippen molar-refractivity contribution in [2.45, 2.75) is 19.3 Å². The fourth-order valence-corrected chi connectivity index (χ4v) is 3.83. The monoisotopic (exact) mass is 426 g/mol. The number of carbonyl (C=O) groups is 3. The first-order valence-corrected chi connectivity index (χ1v) is 9.79. The molecule has 0 saturated carbocycles. The van der Waals surface area contributed by atoms with Crippen molar-refractivity contribution in [1.82, 2.24) is 0 Å². The standard InChI is InChI=1S/C21H19FN4O5/c22-17-8-7-16(11-18(17)26(30)31)25-12-13(10-20(25)28)21(29)23-14-3-5-15(6-4-14)24-9-1-2-19(24)27/h3-8,11,13H,1-2,9-10,12H2,(H,23,29). The van der Waals surface area contributed by atoms with Crippen LogP contribution in [0.2, 0.25) is 0 Å². The second-order valence-corrected chi connectivity index (χ2v) is 7.48. The first-order chi connectivity index (χ1) is 14.8. The Bertz CT molecular complexity index is 1070. The first kappa shape index (κ1) is 20.5. The van der Waals surface area contributed by atoms with Gasteiger partial charge in [-0.1, -0.05) is 0 Å². The maximum absolute atomic E-state index is 13.6. The van der Waals surface area contributed by atoms with E-state index in [1.807, 2.05) is 0 Å². The number of amides is 3. The molecule has 31 heavy (non-hydrogen) atoms. The Morgan fingerprint density at radius 3 is 2.42 bits per heavy atom. The largest absolute Gasteiger partial charge is 0.326 e. The van der Waals surface area contributed by atoms with Crippen LogP contribution in [0.15, 0.2) is 42.5 Å². The van der Waals surface area contributed by atoms with Crippen LogP contribution >= 0.6 is 0 Å². The van der Waals surface area contributed by atoms with Crippen LogP contribution in [0.4, 0.5) is 27.1 Å². The van der Waals surface area contributed by atoms with Gasteiger partial charge in [-0.2, -0.15) is 4.39 Å². The molecule has 0 spiro atoms. The van der Waals surface area contributed by atoms with E-state index in [0.29, 0.717) is 18.7 Å². The number of rotatable bonds is 5. The first-order valence-electron chi connectivity index (χ1n) is 9.79. The van der Waals surface area contributed by atoms with E-state index in [1.165, 1.54) is 11.0 Å². The number of benzene rings is 2. The molecule has 9 nitrogen and oxygen atoms in total. The minimum Gasteiger partial charge on any atom is -0.326 e. The summed E-state index contributed by atoms with van der Waals surface area (Å²) in [6.07, 6.45) is 1.29. The molecule has 160 valence electrons. The molecule has 2 saturated heterocycles. The van der Waals surface area contributed by atoms with Crippen molar-refractivity contribution in [3.63, 3.8) is 0 Å². The van der Waals surface area contributed by atoms with Gasteiger partial charge < -0.3 is 15.1 Å². The third-order valence-electron chi connectivity index (χ3n) is 5.45. The molecule has 2 aromatic carbocycles. The van der Waals surface area contributed by atoms with Crippen LogP contribution in [-0.2, 0) is 14.4 Å². The molecular formula is C21H19FN4O5. The SMILES string of the molecule is O=C(Nc1ccc(N2CCCC2=O)cc1)C1CC(=O)N(c2ccc(F)c([N+](=O)[O-])c2)C1. The highest BCUT2D eigenvalue weighted by Crippen LogP contribution is 2.30. The number of nitro groups is 1. The molecule has 1 atom stereocenters. The van der Waals surface area contributed by atoms with Gasteiger partial charge in [0.15, 0.2) is 0 Å². The lowest BCUT2D eigenvalue weighted by atomic mass is 10.1. The van der Waals surface area contributed by atoms with Gasteiger partial charge >= 0.3 is 5.69 Å². The topological polar surface area (TPSA) is 113 Å². The van der Waals surface area contributed by atoms with Crippen molar-refractivity contribution in [2.24, 2.45) is 5.92 Å². The van der Waals surface area contributed by atoms with E-state index in [1.54, 1.807) is 29.2 Å². The number of hydrogen-bond acceptors (Lipinski definition) is 5. The van der Waals surface area contributed by atoms with E-state index in [-0.39, 0.29) is 36.4 Å². The van der Waals surface area contributed by atoms with Crippen molar-refractivity contribution in [1.29, 1.82) is 0 Å². The highest BCUT2D eigenvalue weighted by Gasteiger charge is 2.36. The molecule has 0 aromatic heterocycles. The van der Waals surface area contributed by atoms with Crippen LogP contribution in [0.5, 0.6) is 0 Å². The van der Waals surface area contributed by atoms with Gasteiger partial charge in [0.25, 0.3) is 0 Å². The van der Waals surface area contributed by atoms with Gasteiger partial charge in [-0.05, 0) is 42.8 Å². The fourth-order valence-electron chi connectivity index (χ4n) is 3.83. The molecule has 2 heterocycles. The zero-order chi connectivity index (χ0) is 22.1. The van der Waals surface area contributed by atoms with E-state index in [9.17, 15) is 28.9 Å². The van der Waals surface area contributed by atoms with Crippen LogP contribution in [0.1, 0.15) is 19.3 Å². The number of hydrogen-bond donors (Lipinski definition) is 1. The minimum atomic E-state index is -0.992. The van der Waals surface area contributed by atoms with Crippen LogP contribution in [0, 0.1) is 21.8 Å². The normalized spacial score (nSPS) is 18.5. The minimum absolute atomic E-state index is 0.0355. The van der Waals surface area contributed by atoms with E-state index >= 15 is 0 Å². The summed E-state index contributed by atoms with van der Waals surface area (Å²) in [5.74, 6) is -2.31. The number of halogens is 1. The Labute approximate surface area is 176 Å². The van der Waals surface area contributed by atoms with Gasteiger partial charge in [-0.25, -0.2) is 0 Å². The molecule has 4 rings (SSSR count). The van der Waals surface area contributed by atoms with E-state index in [4.69, 9.17) is 0 Å². The Kier molecular flexibility index (Phi) is 5.37. The van der Waals surface area contributed by atoms with Gasteiger partial charge in [-0.15, -0.1) is 0 Å². The zero-order valence-electron chi connectivity index (χ0n) is 16.4. The summed E-state index contributed by atoms with van der Waals surface area (Å²) < 4.78 is 13.6. The van der Waals surface area contributed by atoms with Gasteiger partial charge in [0, 0.05) is 43.4 Å². The molecule has 10 heteroatoms. The van der Waals surface area contributed by atoms with Crippen molar-refractivity contribution in [3.05, 3.63) is 58.4 Å². The van der Waals surface area contributed by atoms with Gasteiger partial charge in [0.2, 0.25) is 23.5 Å². The van der Waals surface area contributed by atoms with Crippen molar-refractivity contribution < 1.29 is 23.7 Å². The third-order valence-corrected chi connectivity index (χ3v) is 5.45. The zero-order valence-corrected chi connectivity index (χ0v) is 16.4. The summed E-state index contributed by atoms with van der Waals surface area (Å²) in [6, 6.07) is 10.1. The summed E-state index contributed by atoms with van der Waals surface area (Å²) in [4.78, 5) is 49.9. The van der Waals surface area contributed by atoms with Crippen LogP contribution in [0.25, 0.3) is 0 Å². The van der Waals surface area contributed by atoms with E-state index in [2.05, 4.69) is 5.32 Å². The lowest BCUT2D eigenvalue weighted by Crippen LogP contribution is -2.28. The summed E-state index contributed by atoms with van der Waals surface area (Å²) >= 11 is 0. The molecular weight excluding hydrogens is 407 g/mol. The average molecular weight is 426 g/mol. The van der Waals surface area contributed by atoms with Crippen molar-refractivity contribution in [3.8, 4) is 0 Å². The Morgan fingerprint density at radius 1 is 1.06 bits per heavy atom. The van der Waals surface area contributed by atoms with Crippen molar-refractivity contribution in [2.75, 3.05) is 28.2 Å². The molecule has 0 aliphatic carbocycles. The van der Waals surface area contributed by atoms with Crippen LogP contribution < -0.4 is 15.1 Å². The maximum atomic E-state index is 13.6. The summed E-state index contributed by atoms with van der Waals surface area (Å²) in [5.41, 5.74) is 0.743. The highest BCUT2D eigenvalue weighted by molar-refractivity contribution is 6.03. The van der Waals surface area contributed by atoms with Gasteiger partial charge in [0.05, 0.1) is 16.5 Å². The molecule has 2 aliphatic rings. The quantitative estimate of drug-likeness (QED) is 0.584.